The summed E-state index contributed by atoms with van der Waals surface area (Å²) in [4.78, 5) is 2.46. The van der Waals surface area contributed by atoms with E-state index in [4.69, 9.17) is 0 Å². The molecular formula is C13H24N4. The molecule has 1 saturated heterocycles. The lowest BCUT2D eigenvalue weighted by atomic mass is 10.1. The van der Waals surface area contributed by atoms with E-state index in [-0.39, 0.29) is 0 Å². The van der Waals surface area contributed by atoms with Crippen molar-refractivity contribution in [2.24, 2.45) is 0 Å². The van der Waals surface area contributed by atoms with Crippen molar-refractivity contribution in [3.05, 3.63) is 18.0 Å². The van der Waals surface area contributed by atoms with Gasteiger partial charge in [-0.3, -0.25) is 9.58 Å². The summed E-state index contributed by atoms with van der Waals surface area (Å²) < 4.78 is 2.16. The Morgan fingerprint density at radius 1 is 1.53 bits per heavy atom. The van der Waals surface area contributed by atoms with Gasteiger partial charge in [-0.05, 0) is 37.9 Å². The summed E-state index contributed by atoms with van der Waals surface area (Å²) in [5, 5.41) is 7.75. The molecule has 1 atom stereocenters. The van der Waals surface area contributed by atoms with Crippen molar-refractivity contribution >= 4 is 0 Å². The van der Waals surface area contributed by atoms with Crippen molar-refractivity contribution in [3.8, 4) is 0 Å². The van der Waals surface area contributed by atoms with Crippen molar-refractivity contribution < 1.29 is 0 Å². The number of nitrogens with zero attached hydrogens (tertiary/aromatic N) is 3. The maximum Gasteiger partial charge on any atom is 0.0647 e. The Kier molecular flexibility index (Phi) is 4.18. The molecule has 1 aromatic rings. The van der Waals surface area contributed by atoms with Gasteiger partial charge in [0.1, 0.15) is 0 Å². The predicted octanol–water partition coefficient (Wildman–Crippen LogP) is 1.82. The maximum atomic E-state index is 4.53. The number of rotatable bonds is 4. The number of hydrogen-bond acceptors (Lipinski definition) is 3. The largest absolute Gasteiger partial charge is 0.307 e. The van der Waals surface area contributed by atoms with E-state index in [1.54, 1.807) is 0 Å². The second-order valence-corrected chi connectivity index (χ2v) is 5.29. The maximum absolute atomic E-state index is 4.53. The molecule has 1 fully saturated rings. The normalized spacial score (nSPS) is 22.2. The van der Waals surface area contributed by atoms with E-state index < -0.39 is 0 Å². The number of piperidine rings is 1. The molecule has 4 heteroatoms. The van der Waals surface area contributed by atoms with Gasteiger partial charge in [0.25, 0.3) is 0 Å². The van der Waals surface area contributed by atoms with Crippen LogP contribution in [0.3, 0.4) is 0 Å². The zero-order chi connectivity index (χ0) is 12.3. The first-order chi connectivity index (χ1) is 8.20. The van der Waals surface area contributed by atoms with E-state index in [0.29, 0.717) is 12.0 Å². The molecule has 1 N–H and O–H groups in total. The van der Waals surface area contributed by atoms with Gasteiger partial charge in [-0.15, -0.1) is 0 Å². The molecular weight excluding hydrogens is 212 g/mol. The van der Waals surface area contributed by atoms with Crippen LogP contribution in [0.15, 0.2) is 12.4 Å². The minimum atomic E-state index is 0.546. The van der Waals surface area contributed by atoms with Crippen molar-refractivity contribution in [1.29, 1.82) is 0 Å². The highest BCUT2D eigenvalue weighted by molar-refractivity contribution is 5.09. The summed E-state index contributed by atoms with van der Waals surface area (Å²) in [6.07, 6.45) is 6.75. The third-order valence-corrected chi connectivity index (χ3v) is 3.52. The van der Waals surface area contributed by atoms with Gasteiger partial charge in [-0.1, -0.05) is 13.8 Å². The van der Waals surface area contributed by atoms with Gasteiger partial charge in [0.2, 0.25) is 0 Å². The van der Waals surface area contributed by atoms with Crippen molar-refractivity contribution in [2.75, 3.05) is 26.8 Å². The van der Waals surface area contributed by atoms with Gasteiger partial charge in [0, 0.05) is 19.4 Å². The summed E-state index contributed by atoms with van der Waals surface area (Å²) in [5.41, 5.74) is 1.34. The number of nitrogens with one attached hydrogen (secondary N) is 1. The van der Waals surface area contributed by atoms with E-state index in [2.05, 4.69) is 40.0 Å². The first kappa shape index (κ1) is 12.6. The second kappa shape index (κ2) is 5.65. The van der Waals surface area contributed by atoms with Crippen LogP contribution in [-0.2, 0) is 0 Å². The Bertz CT molecular complexity index is 343. The molecule has 1 unspecified atom stereocenters. The van der Waals surface area contributed by atoms with Gasteiger partial charge >= 0.3 is 0 Å². The molecule has 1 aliphatic heterocycles. The molecule has 2 rings (SSSR count). The molecule has 0 saturated carbocycles. The Morgan fingerprint density at radius 2 is 2.35 bits per heavy atom. The molecule has 0 radical (unpaired) electrons. The van der Waals surface area contributed by atoms with Crippen LogP contribution >= 0.6 is 0 Å². The summed E-state index contributed by atoms with van der Waals surface area (Å²) in [6.45, 7) is 7.73. The quantitative estimate of drug-likeness (QED) is 0.865. The SMILES string of the molecule is CNCN1CCCC(n2cc(C(C)C)cn2)C1. The van der Waals surface area contributed by atoms with Gasteiger partial charge < -0.3 is 5.32 Å². The fraction of sp³-hybridized carbons (Fsp3) is 0.769. The highest BCUT2D eigenvalue weighted by atomic mass is 15.3. The standard InChI is InChI=1S/C13H24N4/c1-11(2)12-7-15-17(8-12)13-5-4-6-16(9-13)10-14-3/h7-8,11,13-14H,4-6,9-10H2,1-3H3. The lowest BCUT2D eigenvalue weighted by molar-refractivity contribution is 0.162. The highest BCUT2D eigenvalue weighted by Crippen LogP contribution is 2.22. The van der Waals surface area contributed by atoms with Crippen molar-refractivity contribution in [3.63, 3.8) is 0 Å². The molecule has 0 aliphatic carbocycles. The molecule has 2 heterocycles. The van der Waals surface area contributed by atoms with Crippen LogP contribution in [0.2, 0.25) is 0 Å². The lowest BCUT2D eigenvalue weighted by Crippen LogP contribution is -2.41. The fourth-order valence-corrected chi connectivity index (χ4v) is 2.46. The predicted molar refractivity (Wildman–Crippen MR) is 70.1 cm³/mol. The smallest absolute Gasteiger partial charge is 0.0647 e. The molecule has 96 valence electrons. The van der Waals surface area contributed by atoms with Crippen LogP contribution in [0, 0.1) is 0 Å². The van der Waals surface area contributed by atoms with Crippen LogP contribution in [-0.4, -0.2) is 41.5 Å². The van der Waals surface area contributed by atoms with Crippen molar-refractivity contribution in [1.82, 2.24) is 20.0 Å². The molecule has 0 aromatic carbocycles. The fourth-order valence-electron chi connectivity index (χ4n) is 2.46. The Balaban J connectivity index is 2.00. The highest BCUT2D eigenvalue weighted by Gasteiger charge is 2.21. The molecule has 1 aliphatic rings. The van der Waals surface area contributed by atoms with Gasteiger partial charge in [0.05, 0.1) is 12.2 Å². The van der Waals surface area contributed by atoms with Gasteiger partial charge in [0.15, 0.2) is 0 Å². The van der Waals surface area contributed by atoms with Crippen LogP contribution in [0.5, 0.6) is 0 Å². The number of hydrogen-bond donors (Lipinski definition) is 1. The average Bonchev–Trinajstić information content (AvgIpc) is 2.79. The number of aromatic nitrogens is 2. The van der Waals surface area contributed by atoms with E-state index in [0.717, 1.165) is 13.2 Å². The Hall–Kier alpha value is -0.870. The monoisotopic (exact) mass is 236 g/mol. The van der Waals surface area contributed by atoms with E-state index in [9.17, 15) is 0 Å². The van der Waals surface area contributed by atoms with Gasteiger partial charge in [-0.2, -0.15) is 5.10 Å². The summed E-state index contributed by atoms with van der Waals surface area (Å²) >= 11 is 0. The van der Waals surface area contributed by atoms with Crippen molar-refractivity contribution in [2.45, 2.75) is 38.6 Å². The van der Waals surface area contributed by atoms with Crippen LogP contribution < -0.4 is 5.32 Å². The lowest BCUT2D eigenvalue weighted by Gasteiger charge is -2.32. The molecule has 4 nitrogen and oxygen atoms in total. The van der Waals surface area contributed by atoms with Crippen LogP contribution in [0.1, 0.15) is 44.2 Å². The van der Waals surface area contributed by atoms with Gasteiger partial charge in [-0.25, -0.2) is 0 Å². The van der Waals surface area contributed by atoms with E-state index >= 15 is 0 Å². The molecule has 17 heavy (non-hydrogen) atoms. The minimum absolute atomic E-state index is 0.546. The molecule has 0 amide bonds. The zero-order valence-electron chi connectivity index (χ0n) is 11.2. The van der Waals surface area contributed by atoms with Crippen LogP contribution in [0.4, 0.5) is 0 Å². The average molecular weight is 236 g/mol. The first-order valence-corrected chi connectivity index (χ1v) is 6.61. The van der Waals surface area contributed by atoms with E-state index in [1.165, 1.54) is 24.9 Å². The topological polar surface area (TPSA) is 33.1 Å². The number of likely N-dealkylation sites (tertiary alicyclic amines) is 1. The third-order valence-electron chi connectivity index (χ3n) is 3.52. The second-order valence-electron chi connectivity index (χ2n) is 5.29. The minimum Gasteiger partial charge on any atom is -0.307 e. The first-order valence-electron chi connectivity index (χ1n) is 6.61. The zero-order valence-corrected chi connectivity index (χ0v) is 11.2. The molecule has 1 aromatic heterocycles. The summed E-state index contributed by atoms with van der Waals surface area (Å²) in [5.74, 6) is 0.570. The summed E-state index contributed by atoms with van der Waals surface area (Å²) in [6, 6.07) is 0.546. The third kappa shape index (κ3) is 3.07. The molecule has 0 spiro atoms. The Morgan fingerprint density at radius 3 is 3.00 bits per heavy atom. The Labute approximate surface area is 104 Å². The summed E-state index contributed by atoms with van der Waals surface area (Å²) in [7, 11) is 2.01. The van der Waals surface area contributed by atoms with Crippen LogP contribution in [0.25, 0.3) is 0 Å². The molecule has 0 bridgehead atoms. The van der Waals surface area contributed by atoms with E-state index in [1.807, 2.05) is 13.2 Å².